The van der Waals surface area contributed by atoms with Gasteiger partial charge in [0.05, 0.1) is 15.8 Å². The summed E-state index contributed by atoms with van der Waals surface area (Å²) in [7, 11) is -1.37. The van der Waals surface area contributed by atoms with Crippen molar-refractivity contribution in [3.63, 3.8) is 0 Å². The highest BCUT2D eigenvalue weighted by Crippen LogP contribution is 2.19. The number of rotatable bonds is 5. The fourth-order valence-corrected chi connectivity index (χ4v) is 3.01. The number of hydrogen-bond donors (Lipinski definition) is 0. The van der Waals surface area contributed by atoms with Crippen LogP contribution in [0.3, 0.4) is 0 Å². The summed E-state index contributed by atoms with van der Waals surface area (Å²) in [6.07, 6.45) is 0.172. The van der Waals surface area contributed by atoms with E-state index >= 15 is 0 Å². The Morgan fingerprint density at radius 3 is 2.50 bits per heavy atom. The van der Waals surface area contributed by atoms with E-state index in [-0.39, 0.29) is 23.0 Å². The van der Waals surface area contributed by atoms with Gasteiger partial charge in [-0.15, -0.1) is 0 Å². The summed E-state index contributed by atoms with van der Waals surface area (Å²) in [6, 6.07) is 12.8. The zero-order chi connectivity index (χ0) is 14.5. The van der Waals surface area contributed by atoms with Gasteiger partial charge in [-0.2, -0.15) is 0 Å². The molecular formula is C15H12ClFO2S. The highest BCUT2D eigenvalue weighted by atomic mass is 35.5. The molecule has 0 amide bonds. The second-order valence-corrected chi connectivity index (χ2v) is 6.14. The molecule has 0 spiro atoms. The van der Waals surface area contributed by atoms with Crippen LogP contribution < -0.4 is 0 Å². The third-order valence-electron chi connectivity index (χ3n) is 2.76. The van der Waals surface area contributed by atoms with E-state index in [1.165, 1.54) is 18.2 Å². The molecule has 104 valence electrons. The minimum absolute atomic E-state index is 0.0628. The van der Waals surface area contributed by atoms with Gasteiger partial charge in [-0.3, -0.25) is 9.00 Å². The van der Waals surface area contributed by atoms with Gasteiger partial charge in [0.2, 0.25) is 0 Å². The summed E-state index contributed by atoms with van der Waals surface area (Å²) >= 11 is 5.64. The molecule has 20 heavy (non-hydrogen) atoms. The molecule has 0 aliphatic rings. The summed E-state index contributed by atoms with van der Waals surface area (Å²) in [5.41, 5.74) is 0.599. The standard InChI is InChI=1S/C15H12ClFO2S/c16-13-10-12(6-7-14(13)17)20(19)9-8-15(18)11-4-2-1-3-5-11/h1-7,10H,8-9H2. The Hall–Kier alpha value is -1.52. The number of carbonyl (C=O) groups excluding carboxylic acids is 1. The normalized spacial score (nSPS) is 12.1. The van der Waals surface area contributed by atoms with E-state index < -0.39 is 16.6 Å². The first kappa shape index (κ1) is 14.9. The minimum Gasteiger partial charge on any atom is -0.294 e. The molecule has 0 saturated carbocycles. The SMILES string of the molecule is O=C(CCS(=O)c1ccc(F)c(Cl)c1)c1ccccc1. The third-order valence-corrected chi connectivity index (χ3v) is 4.41. The van der Waals surface area contributed by atoms with Gasteiger partial charge in [0.1, 0.15) is 5.82 Å². The zero-order valence-electron chi connectivity index (χ0n) is 10.5. The molecule has 0 saturated heterocycles. The van der Waals surface area contributed by atoms with Gasteiger partial charge in [0, 0.05) is 22.6 Å². The highest BCUT2D eigenvalue weighted by molar-refractivity contribution is 7.85. The predicted molar refractivity (Wildman–Crippen MR) is 78.1 cm³/mol. The van der Waals surface area contributed by atoms with E-state index in [9.17, 15) is 13.4 Å². The average Bonchev–Trinajstić information content (AvgIpc) is 2.48. The number of Topliss-reactive ketones (excluding diaryl/α,β-unsaturated/α-hetero) is 1. The molecule has 0 heterocycles. The smallest absolute Gasteiger partial charge is 0.163 e. The molecule has 0 aromatic heterocycles. The van der Waals surface area contributed by atoms with Crippen molar-refractivity contribution < 1.29 is 13.4 Å². The maximum atomic E-state index is 13.0. The number of hydrogen-bond acceptors (Lipinski definition) is 2. The maximum Gasteiger partial charge on any atom is 0.163 e. The lowest BCUT2D eigenvalue weighted by Gasteiger charge is -2.03. The molecule has 2 aromatic carbocycles. The molecule has 1 atom stereocenters. The molecule has 0 fully saturated rings. The molecule has 2 rings (SSSR count). The van der Waals surface area contributed by atoms with Gasteiger partial charge in [-0.05, 0) is 18.2 Å². The van der Waals surface area contributed by atoms with E-state index in [0.29, 0.717) is 10.5 Å². The Bertz CT molecular complexity index is 644. The van der Waals surface area contributed by atoms with E-state index in [0.717, 1.165) is 0 Å². The van der Waals surface area contributed by atoms with E-state index in [4.69, 9.17) is 11.6 Å². The Morgan fingerprint density at radius 1 is 1.15 bits per heavy atom. The largest absolute Gasteiger partial charge is 0.294 e. The summed E-state index contributed by atoms with van der Waals surface area (Å²) < 4.78 is 25.0. The zero-order valence-corrected chi connectivity index (χ0v) is 12.1. The Balaban J connectivity index is 1.98. The van der Waals surface area contributed by atoms with Crippen LogP contribution in [-0.4, -0.2) is 15.7 Å². The first-order valence-electron chi connectivity index (χ1n) is 5.99. The first-order chi connectivity index (χ1) is 9.58. The van der Waals surface area contributed by atoms with Crippen LogP contribution in [-0.2, 0) is 10.8 Å². The van der Waals surface area contributed by atoms with E-state index in [2.05, 4.69) is 0 Å². The van der Waals surface area contributed by atoms with Gasteiger partial charge in [-0.25, -0.2) is 4.39 Å². The first-order valence-corrected chi connectivity index (χ1v) is 7.69. The molecule has 2 aromatic rings. The summed E-state index contributed by atoms with van der Waals surface area (Å²) in [4.78, 5) is 12.3. The van der Waals surface area contributed by atoms with Crippen LogP contribution in [0.4, 0.5) is 4.39 Å². The molecular weight excluding hydrogens is 299 g/mol. The second kappa shape index (κ2) is 6.77. The molecule has 1 unspecified atom stereocenters. The van der Waals surface area contributed by atoms with Crippen LogP contribution in [0.25, 0.3) is 0 Å². The lowest BCUT2D eigenvalue weighted by molar-refractivity contribution is 0.0989. The molecule has 0 radical (unpaired) electrons. The van der Waals surface area contributed by atoms with Crippen LogP contribution in [0.1, 0.15) is 16.8 Å². The van der Waals surface area contributed by atoms with Gasteiger partial charge < -0.3 is 0 Å². The second-order valence-electron chi connectivity index (χ2n) is 4.16. The fourth-order valence-electron chi connectivity index (χ4n) is 1.69. The van der Waals surface area contributed by atoms with Gasteiger partial charge in [0.25, 0.3) is 0 Å². The van der Waals surface area contributed by atoms with Crippen LogP contribution >= 0.6 is 11.6 Å². The molecule has 2 nitrogen and oxygen atoms in total. The number of ketones is 1. The Morgan fingerprint density at radius 2 is 1.85 bits per heavy atom. The molecule has 0 bridgehead atoms. The highest BCUT2D eigenvalue weighted by Gasteiger charge is 2.11. The molecule has 0 aliphatic carbocycles. The van der Waals surface area contributed by atoms with Crippen LogP contribution in [0.5, 0.6) is 0 Å². The van der Waals surface area contributed by atoms with E-state index in [1.807, 2.05) is 6.07 Å². The molecule has 0 aliphatic heterocycles. The summed E-state index contributed by atoms with van der Waals surface area (Å²) in [6.45, 7) is 0. The maximum absolute atomic E-state index is 13.0. The predicted octanol–water partition coefficient (Wildman–Crippen LogP) is 3.86. The lowest BCUT2D eigenvalue weighted by atomic mass is 10.1. The van der Waals surface area contributed by atoms with Crippen molar-refractivity contribution in [2.75, 3.05) is 5.75 Å². The Kier molecular flexibility index (Phi) is 5.04. The quantitative estimate of drug-likeness (QED) is 0.786. The van der Waals surface area contributed by atoms with Crippen molar-refractivity contribution in [2.45, 2.75) is 11.3 Å². The van der Waals surface area contributed by atoms with Gasteiger partial charge in [-0.1, -0.05) is 41.9 Å². The molecule has 0 N–H and O–H groups in total. The van der Waals surface area contributed by atoms with Crippen LogP contribution in [0.15, 0.2) is 53.4 Å². The van der Waals surface area contributed by atoms with Gasteiger partial charge in [0.15, 0.2) is 5.78 Å². The Labute approximate surface area is 124 Å². The number of benzene rings is 2. The third kappa shape index (κ3) is 3.74. The minimum atomic E-state index is -1.37. The summed E-state index contributed by atoms with van der Waals surface area (Å²) in [5.74, 6) is -0.421. The van der Waals surface area contributed by atoms with Crippen molar-refractivity contribution in [3.05, 3.63) is 64.9 Å². The number of halogens is 2. The van der Waals surface area contributed by atoms with Crippen LogP contribution in [0, 0.1) is 5.82 Å². The monoisotopic (exact) mass is 310 g/mol. The summed E-state index contributed by atoms with van der Waals surface area (Å²) in [5, 5.41) is -0.0646. The van der Waals surface area contributed by atoms with Crippen molar-refractivity contribution in [3.8, 4) is 0 Å². The number of carbonyl (C=O) groups is 1. The van der Waals surface area contributed by atoms with Crippen molar-refractivity contribution in [1.29, 1.82) is 0 Å². The average molecular weight is 311 g/mol. The van der Waals surface area contributed by atoms with Crippen molar-refractivity contribution >= 4 is 28.2 Å². The van der Waals surface area contributed by atoms with Crippen molar-refractivity contribution in [1.82, 2.24) is 0 Å². The fraction of sp³-hybridized carbons (Fsp3) is 0.133. The molecule has 5 heteroatoms. The van der Waals surface area contributed by atoms with Gasteiger partial charge >= 0.3 is 0 Å². The topological polar surface area (TPSA) is 34.1 Å². The van der Waals surface area contributed by atoms with E-state index in [1.54, 1.807) is 24.3 Å². The van der Waals surface area contributed by atoms with Crippen molar-refractivity contribution in [2.24, 2.45) is 0 Å². The lowest BCUT2D eigenvalue weighted by Crippen LogP contribution is -2.06. The van der Waals surface area contributed by atoms with Crippen LogP contribution in [0.2, 0.25) is 5.02 Å².